The maximum atomic E-state index is 6.58. The van der Waals surface area contributed by atoms with Gasteiger partial charge < -0.3 is 5.73 Å². The van der Waals surface area contributed by atoms with Gasteiger partial charge in [0.15, 0.2) is 0 Å². The molecule has 0 spiro atoms. The highest BCUT2D eigenvalue weighted by atomic mass is 35.5. The first-order valence-electron chi connectivity index (χ1n) is 6.51. The maximum Gasteiger partial charge on any atom is 0.0438 e. The van der Waals surface area contributed by atoms with Gasteiger partial charge in [0, 0.05) is 10.6 Å². The molecule has 0 amide bonds. The highest BCUT2D eigenvalue weighted by Crippen LogP contribution is 2.37. The zero-order valence-electron chi connectivity index (χ0n) is 10.7. The molecule has 2 rings (SSSR count). The molecule has 17 heavy (non-hydrogen) atoms. The van der Waals surface area contributed by atoms with E-state index in [2.05, 4.69) is 19.9 Å². The van der Waals surface area contributed by atoms with Crippen LogP contribution in [0.3, 0.4) is 0 Å². The van der Waals surface area contributed by atoms with Gasteiger partial charge in [0.2, 0.25) is 0 Å². The van der Waals surface area contributed by atoms with Crippen molar-refractivity contribution in [2.45, 2.75) is 45.1 Å². The van der Waals surface area contributed by atoms with Crippen LogP contribution in [0.5, 0.6) is 0 Å². The Morgan fingerprint density at radius 1 is 1.24 bits per heavy atom. The molecule has 1 aromatic carbocycles. The molecular formula is C15H22ClN. The van der Waals surface area contributed by atoms with Crippen molar-refractivity contribution in [1.82, 2.24) is 0 Å². The summed E-state index contributed by atoms with van der Waals surface area (Å²) in [6.45, 7) is 4.62. The Kier molecular flexibility index (Phi) is 3.79. The third kappa shape index (κ3) is 3.23. The Balaban J connectivity index is 2.14. The normalized spacial score (nSPS) is 33.6. The first-order valence-corrected chi connectivity index (χ1v) is 6.88. The van der Waals surface area contributed by atoms with E-state index in [1.54, 1.807) is 0 Å². The second-order valence-corrected chi connectivity index (χ2v) is 6.39. The second-order valence-electron chi connectivity index (χ2n) is 5.98. The van der Waals surface area contributed by atoms with Crippen LogP contribution in [0.25, 0.3) is 0 Å². The summed E-state index contributed by atoms with van der Waals surface area (Å²) >= 11 is 6.22. The van der Waals surface area contributed by atoms with Gasteiger partial charge in [0.05, 0.1) is 0 Å². The first-order chi connectivity index (χ1) is 7.98. The van der Waals surface area contributed by atoms with Crippen LogP contribution in [0.2, 0.25) is 5.02 Å². The minimum atomic E-state index is -0.0674. The monoisotopic (exact) mass is 251 g/mol. The van der Waals surface area contributed by atoms with E-state index in [1.165, 1.54) is 12.0 Å². The summed E-state index contributed by atoms with van der Waals surface area (Å²) in [6.07, 6.45) is 4.44. The molecule has 2 atom stereocenters. The summed E-state index contributed by atoms with van der Waals surface area (Å²) in [4.78, 5) is 0. The van der Waals surface area contributed by atoms with Crippen molar-refractivity contribution in [3.05, 3.63) is 34.9 Å². The molecule has 1 aromatic rings. The van der Waals surface area contributed by atoms with Gasteiger partial charge in [-0.25, -0.2) is 0 Å². The Morgan fingerprint density at radius 3 is 2.41 bits per heavy atom. The van der Waals surface area contributed by atoms with Gasteiger partial charge in [-0.2, -0.15) is 0 Å². The molecule has 2 unspecified atom stereocenters. The zero-order chi connectivity index (χ0) is 12.5. The molecule has 1 nitrogen and oxygen atoms in total. The predicted octanol–water partition coefficient (Wildman–Crippen LogP) is 4.04. The zero-order valence-corrected chi connectivity index (χ0v) is 11.5. The average molecular weight is 252 g/mol. The van der Waals surface area contributed by atoms with Crippen LogP contribution in [0.15, 0.2) is 24.3 Å². The van der Waals surface area contributed by atoms with E-state index in [9.17, 15) is 0 Å². The van der Waals surface area contributed by atoms with Crippen molar-refractivity contribution < 1.29 is 0 Å². The molecule has 0 bridgehead atoms. The van der Waals surface area contributed by atoms with E-state index in [-0.39, 0.29) is 5.54 Å². The summed E-state index contributed by atoms with van der Waals surface area (Å²) in [5.74, 6) is 1.46. The number of halogens is 1. The second kappa shape index (κ2) is 4.99. The fourth-order valence-electron chi connectivity index (χ4n) is 3.49. The lowest BCUT2D eigenvalue weighted by molar-refractivity contribution is 0.182. The van der Waals surface area contributed by atoms with Crippen molar-refractivity contribution in [3.63, 3.8) is 0 Å². The van der Waals surface area contributed by atoms with Gasteiger partial charge in [-0.3, -0.25) is 0 Å². The summed E-state index contributed by atoms with van der Waals surface area (Å²) in [5.41, 5.74) is 7.71. The summed E-state index contributed by atoms with van der Waals surface area (Å²) in [5, 5.41) is 0.850. The van der Waals surface area contributed by atoms with Gasteiger partial charge in [0.1, 0.15) is 0 Å². The van der Waals surface area contributed by atoms with Crippen molar-refractivity contribution >= 4 is 11.6 Å². The molecule has 0 saturated heterocycles. The fourth-order valence-corrected chi connectivity index (χ4v) is 3.69. The van der Waals surface area contributed by atoms with Crippen LogP contribution < -0.4 is 5.73 Å². The summed E-state index contributed by atoms with van der Waals surface area (Å²) in [6, 6.07) is 8.07. The molecule has 2 heteroatoms. The van der Waals surface area contributed by atoms with Gasteiger partial charge in [-0.15, -0.1) is 0 Å². The molecule has 1 aliphatic carbocycles. The molecule has 0 heterocycles. The Labute approximate surface area is 109 Å². The number of rotatable bonds is 2. The highest BCUT2D eigenvalue weighted by Gasteiger charge is 2.34. The van der Waals surface area contributed by atoms with Crippen LogP contribution in [0, 0.1) is 11.8 Å². The molecule has 2 N–H and O–H groups in total. The molecule has 0 radical (unpaired) electrons. The van der Waals surface area contributed by atoms with Crippen LogP contribution in [0.4, 0.5) is 0 Å². The van der Waals surface area contributed by atoms with E-state index >= 15 is 0 Å². The maximum absolute atomic E-state index is 6.58. The van der Waals surface area contributed by atoms with Crippen molar-refractivity contribution in [1.29, 1.82) is 0 Å². The van der Waals surface area contributed by atoms with Gasteiger partial charge in [-0.1, -0.05) is 43.6 Å². The smallest absolute Gasteiger partial charge is 0.0438 e. The van der Waals surface area contributed by atoms with Gasteiger partial charge in [0.25, 0.3) is 0 Å². The van der Waals surface area contributed by atoms with Crippen molar-refractivity contribution in [2.75, 3.05) is 0 Å². The molecule has 94 valence electrons. The Hall–Kier alpha value is -0.530. The topological polar surface area (TPSA) is 26.0 Å². The molecule has 1 fully saturated rings. The quantitative estimate of drug-likeness (QED) is 0.844. The third-order valence-electron chi connectivity index (χ3n) is 3.82. The molecular weight excluding hydrogens is 230 g/mol. The number of hydrogen-bond acceptors (Lipinski definition) is 1. The van der Waals surface area contributed by atoms with E-state index in [0.717, 1.165) is 36.1 Å². The van der Waals surface area contributed by atoms with Crippen LogP contribution in [-0.2, 0) is 6.42 Å². The lowest BCUT2D eigenvalue weighted by Gasteiger charge is -2.40. The van der Waals surface area contributed by atoms with Gasteiger partial charge >= 0.3 is 0 Å². The third-order valence-corrected chi connectivity index (χ3v) is 4.18. The predicted molar refractivity (Wildman–Crippen MR) is 74.3 cm³/mol. The SMILES string of the molecule is CC1CC(C)CC(N)(Cc2ccccc2Cl)C1. The minimum absolute atomic E-state index is 0.0674. The van der Waals surface area contributed by atoms with Crippen molar-refractivity contribution in [2.24, 2.45) is 17.6 Å². The Bertz CT molecular complexity index is 378. The van der Waals surface area contributed by atoms with Gasteiger partial charge in [-0.05, 0) is 49.1 Å². The molecule has 0 aliphatic heterocycles. The largest absolute Gasteiger partial charge is 0.325 e. The van der Waals surface area contributed by atoms with E-state index in [0.29, 0.717) is 0 Å². The summed E-state index contributed by atoms with van der Waals surface area (Å²) < 4.78 is 0. The van der Waals surface area contributed by atoms with Crippen molar-refractivity contribution in [3.8, 4) is 0 Å². The fraction of sp³-hybridized carbons (Fsp3) is 0.600. The summed E-state index contributed by atoms with van der Waals surface area (Å²) in [7, 11) is 0. The first kappa shape index (κ1) is 12.9. The van der Waals surface area contributed by atoms with E-state index < -0.39 is 0 Å². The number of benzene rings is 1. The van der Waals surface area contributed by atoms with Crippen LogP contribution in [0.1, 0.15) is 38.7 Å². The van der Waals surface area contributed by atoms with Crippen LogP contribution in [-0.4, -0.2) is 5.54 Å². The lowest BCUT2D eigenvalue weighted by atomic mass is 9.70. The number of nitrogens with two attached hydrogens (primary N) is 1. The van der Waals surface area contributed by atoms with E-state index in [1.807, 2.05) is 18.2 Å². The molecule has 0 aromatic heterocycles. The van der Waals surface area contributed by atoms with E-state index in [4.69, 9.17) is 17.3 Å². The molecule has 1 aliphatic rings. The van der Waals surface area contributed by atoms with Crippen LogP contribution >= 0.6 is 11.6 Å². The molecule has 1 saturated carbocycles. The standard InChI is InChI=1S/C15H22ClN/c1-11-7-12(2)9-15(17,8-11)10-13-5-3-4-6-14(13)16/h3-6,11-12H,7-10,17H2,1-2H3. The highest BCUT2D eigenvalue weighted by molar-refractivity contribution is 6.31. The lowest BCUT2D eigenvalue weighted by Crippen LogP contribution is -2.48. The average Bonchev–Trinajstić information content (AvgIpc) is 2.19. The number of hydrogen-bond donors (Lipinski definition) is 1. The minimum Gasteiger partial charge on any atom is -0.325 e. The Morgan fingerprint density at radius 2 is 1.82 bits per heavy atom.